The fourth-order valence-electron chi connectivity index (χ4n) is 3.13. The van der Waals surface area contributed by atoms with Crippen LogP contribution >= 0.6 is 0 Å². The molecule has 1 fully saturated rings. The van der Waals surface area contributed by atoms with E-state index in [2.05, 4.69) is 24.0 Å². The second-order valence-corrected chi connectivity index (χ2v) is 5.85. The number of hydrogen-bond acceptors (Lipinski definition) is 2. The lowest BCUT2D eigenvalue weighted by Crippen LogP contribution is -2.34. The summed E-state index contributed by atoms with van der Waals surface area (Å²) in [6, 6.07) is 8.70. The molecule has 0 aliphatic carbocycles. The van der Waals surface area contributed by atoms with Gasteiger partial charge in [0.2, 0.25) is 5.91 Å². The minimum atomic E-state index is 0.356. The van der Waals surface area contributed by atoms with E-state index in [0.29, 0.717) is 18.4 Å². The topological polar surface area (TPSA) is 29.5 Å². The minimum Gasteiger partial charge on any atom is -0.497 e. The van der Waals surface area contributed by atoms with Gasteiger partial charge in [-0.1, -0.05) is 19.1 Å². The average molecular weight is 289 g/mol. The molecule has 0 bridgehead atoms. The van der Waals surface area contributed by atoms with Crippen LogP contribution in [-0.2, 0) is 11.2 Å². The van der Waals surface area contributed by atoms with Gasteiger partial charge in [0, 0.05) is 19.0 Å². The molecular formula is C18H27NO2. The molecule has 0 aromatic heterocycles. The normalized spacial score (nSPS) is 18.0. The van der Waals surface area contributed by atoms with E-state index in [1.54, 1.807) is 7.11 Å². The van der Waals surface area contributed by atoms with Gasteiger partial charge in [-0.05, 0) is 56.2 Å². The number of benzene rings is 1. The quantitative estimate of drug-likeness (QED) is 0.714. The van der Waals surface area contributed by atoms with E-state index in [1.165, 1.54) is 18.4 Å². The molecular weight excluding hydrogens is 262 g/mol. The number of carbonyl (C=O) groups excluding carboxylic acids is 1. The molecule has 1 heterocycles. The van der Waals surface area contributed by atoms with Crippen molar-refractivity contribution in [3.8, 4) is 5.75 Å². The van der Waals surface area contributed by atoms with Crippen LogP contribution in [0.1, 0.15) is 51.0 Å². The Labute approximate surface area is 128 Å². The van der Waals surface area contributed by atoms with Crippen molar-refractivity contribution in [1.82, 2.24) is 4.90 Å². The van der Waals surface area contributed by atoms with Gasteiger partial charge in [0.15, 0.2) is 0 Å². The first-order chi connectivity index (χ1) is 10.2. The van der Waals surface area contributed by atoms with Crippen LogP contribution in [0.3, 0.4) is 0 Å². The summed E-state index contributed by atoms with van der Waals surface area (Å²) in [5, 5.41) is 0. The summed E-state index contributed by atoms with van der Waals surface area (Å²) in [7, 11) is 1.68. The van der Waals surface area contributed by atoms with Crippen LogP contribution in [0.15, 0.2) is 24.3 Å². The van der Waals surface area contributed by atoms with Crippen molar-refractivity contribution in [1.29, 1.82) is 0 Å². The zero-order valence-electron chi connectivity index (χ0n) is 13.3. The van der Waals surface area contributed by atoms with Crippen molar-refractivity contribution in [2.24, 2.45) is 0 Å². The fourth-order valence-corrected chi connectivity index (χ4v) is 3.13. The minimum absolute atomic E-state index is 0.356. The fraction of sp³-hybridized carbons (Fsp3) is 0.611. The van der Waals surface area contributed by atoms with Crippen LogP contribution in [0.2, 0.25) is 0 Å². The van der Waals surface area contributed by atoms with E-state index in [9.17, 15) is 4.79 Å². The van der Waals surface area contributed by atoms with E-state index < -0.39 is 0 Å². The zero-order valence-corrected chi connectivity index (χ0v) is 13.3. The summed E-state index contributed by atoms with van der Waals surface area (Å²) in [6.45, 7) is 3.15. The number of ether oxygens (including phenoxy) is 1. The Bertz CT molecular complexity index is 441. The van der Waals surface area contributed by atoms with Gasteiger partial charge < -0.3 is 9.64 Å². The van der Waals surface area contributed by atoms with Crippen molar-refractivity contribution in [2.75, 3.05) is 13.7 Å². The first-order valence-electron chi connectivity index (χ1n) is 8.17. The van der Waals surface area contributed by atoms with Crippen molar-refractivity contribution in [3.05, 3.63) is 29.8 Å². The highest BCUT2D eigenvalue weighted by molar-refractivity contribution is 5.76. The molecule has 1 aromatic carbocycles. The Balaban J connectivity index is 1.68. The third-order valence-corrected chi connectivity index (χ3v) is 4.43. The second-order valence-electron chi connectivity index (χ2n) is 5.85. The van der Waals surface area contributed by atoms with Crippen LogP contribution in [0.25, 0.3) is 0 Å². The third-order valence-electron chi connectivity index (χ3n) is 4.43. The maximum absolute atomic E-state index is 12.2. The molecule has 1 aromatic rings. The van der Waals surface area contributed by atoms with Crippen LogP contribution in [0, 0.1) is 0 Å². The van der Waals surface area contributed by atoms with E-state index >= 15 is 0 Å². The number of hydrogen-bond donors (Lipinski definition) is 0. The Morgan fingerprint density at radius 2 is 2.05 bits per heavy atom. The second kappa shape index (κ2) is 8.06. The number of likely N-dealkylation sites (tertiary alicyclic amines) is 1. The zero-order chi connectivity index (χ0) is 15.1. The van der Waals surface area contributed by atoms with Crippen molar-refractivity contribution >= 4 is 5.91 Å². The summed E-state index contributed by atoms with van der Waals surface area (Å²) in [5.74, 6) is 1.25. The van der Waals surface area contributed by atoms with E-state index in [4.69, 9.17) is 4.74 Å². The first-order valence-corrected chi connectivity index (χ1v) is 8.17. The number of methoxy groups -OCH3 is 1. The third kappa shape index (κ3) is 4.48. The molecule has 1 amide bonds. The summed E-state index contributed by atoms with van der Waals surface area (Å²) >= 11 is 0. The van der Waals surface area contributed by atoms with E-state index in [0.717, 1.165) is 38.0 Å². The summed E-state index contributed by atoms with van der Waals surface area (Å²) in [6.07, 6.45) is 7.25. The molecule has 0 saturated carbocycles. The number of aryl methyl sites for hydroxylation is 1. The number of amides is 1. The predicted molar refractivity (Wildman–Crippen MR) is 85.6 cm³/mol. The Morgan fingerprint density at radius 1 is 1.29 bits per heavy atom. The molecule has 1 aliphatic rings. The molecule has 21 heavy (non-hydrogen) atoms. The van der Waals surface area contributed by atoms with Crippen LogP contribution in [0.5, 0.6) is 5.75 Å². The molecule has 0 spiro atoms. The standard InChI is InChI=1S/C18H27NO2/c1-3-16-8-6-14-19(16)18(20)9-5-4-7-15-10-12-17(21-2)13-11-15/h10-13,16H,3-9,14H2,1-2H3. The first kappa shape index (κ1) is 15.9. The lowest BCUT2D eigenvalue weighted by molar-refractivity contribution is -0.132. The van der Waals surface area contributed by atoms with E-state index in [1.807, 2.05) is 12.1 Å². The average Bonchev–Trinajstić information content (AvgIpc) is 3.00. The molecule has 3 nitrogen and oxygen atoms in total. The smallest absolute Gasteiger partial charge is 0.222 e. The van der Waals surface area contributed by atoms with Gasteiger partial charge in [0.1, 0.15) is 5.75 Å². The maximum atomic E-state index is 12.2. The molecule has 0 N–H and O–H groups in total. The van der Waals surface area contributed by atoms with E-state index in [-0.39, 0.29) is 0 Å². The van der Waals surface area contributed by atoms with Gasteiger partial charge in [0.25, 0.3) is 0 Å². The number of unbranched alkanes of at least 4 members (excludes halogenated alkanes) is 1. The lowest BCUT2D eigenvalue weighted by Gasteiger charge is -2.23. The van der Waals surface area contributed by atoms with Gasteiger partial charge in [-0.2, -0.15) is 0 Å². The van der Waals surface area contributed by atoms with Crippen LogP contribution < -0.4 is 4.74 Å². The monoisotopic (exact) mass is 289 g/mol. The molecule has 116 valence electrons. The highest BCUT2D eigenvalue weighted by Gasteiger charge is 2.26. The molecule has 1 aliphatic heterocycles. The maximum Gasteiger partial charge on any atom is 0.222 e. The Kier molecular flexibility index (Phi) is 6.09. The van der Waals surface area contributed by atoms with Gasteiger partial charge in [-0.3, -0.25) is 4.79 Å². The lowest BCUT2D eigenvalue weighted by atomic mass is 10.1. The molecule has 3 heteroatoms. The van der Waals surface area contributed by atoms with Gasteiger partial charge in [-0.25, -0.2) is 0 Å². The van der Waals surface area contributed by atoms with Crippen molar-refractivity contribution in [2.45, 2.75) is 57.9 Å². The SMILES string of the molecule is CCC1CCCN1C(=O)CCCCc1ccc(OC)cc1. The molecule has 1 unspecified atom stereocenters. The van der Waals surface area contributed by atoms with Crippen LogP contribution in [-0.4, -0.2) is 30.5 Å². The predicted octanol–water partition coefficient (Wildman–Crippen LogP) is 3.81. The summed E-state index contributed by atoms with van der Waals surface area (Å²) < 4.78 is 5.15. The molecule has 2 rings (SSSR count). The highest BCUT2D eigenvalue weighted by Crippen LogP contribution is 2.21. The van der Waals surface area contributed by atoms with Crippen LogP contribution in [0.4, 0.5) is 0 Å². The number of rotatable bonds is 7. The van der Waals surface area contributed by atoms with Gasteiger partial charge in [0.05, 0.1) is 7.11 Å². The molecule has 1 saturated heterocycles. The Hall–Kier alpha value is -1.51. The van der Waals surface area contributed by atoms with Crippen molar-refractivity contribution < 1.29 is 9.53 Å². The van der Waals surface area contributed by atoms with Gasteiger partial charge in [-0.15, -0.1) is 0 Å². The molecule has 0 radical (unpaired) electrons. The Morgan fingerprint density at radius 3 is 2.71 bits per heavy atom. The number of carbonyl (C=O) groups is 1. The number of nitrogens with zero attached hydrogens (tertiary/aromatic N) is 1. The van der Waals surface area contributed by atoms with Crippen molar-refractivity contribution in [3.63, 3.8) is 0 Å². The largest absolute Gasteiger partial charge is 0.497 e. The summed E-state index contributed by atoms with van der Waals surface area (Å²) in [4.78, 5) is 14.3. The summed E-state index contributed by atoms with van der Waals surface area (Å²) in [5.41, 5.74) is 1.32. The highest BCUT2D eigenvalue weighted by atomic mass is 16.5. The van der Waals surface area contributed by atoms with Gasteiger partial charge >= 0.3 is 0 Å². The molecule has 1 atom stereocenters.